The van der Waals surface area contributed by atoms with Crippen LogP contribution in [-0.4, -0.2) is 49.3 Å². The van der Waals surface area contributed by atoms with Crippen LogP contribution in [0.25, 0.3) is 0 Å². The largest absolute Gasteiger partial charge is 0.481 e. The number of carboxylic acid groups (broad SMARTS) is 1. The first-order valence-electron chi connectivity index (χ1n) is 5.50. The Labute approximate surface area is 92.2 Å². The predicted molar refractivity (Wildman–Crippen MR) is 60.0 cm³/mol. The predicted octanol–water partition coefficient (Wildman–Crippen LogP) is 1.46. The van der Waals surface area contributed by atoms with Gasteiger partial charge in [0.05, 0.1) is 6.61 Å². The number of ether oxygens (including phenoxy) is 1. The maximum Gasteiger partial charge on any atom is 0.303 e. The summed E-state index contributed by atoms with van der Waals surface area (Å²) in [6.45, 7) is 7.45. The minimum atomic E-state index is -0.723. The Bertz CT molecular complexity index is 171. The van der Waals surface area contributed by atoms with Gasteiger partial charge in [-0.2, -0.15) is 0 Å². The SMILES string of the molecule is CC(C)COCCN(C)CCCC(=O)O. The normalized spacial score (nSPS) is 11.3. The molecule has 0 aromatic carbocycles. The third kappa shape index (κ3) is 11.3. The van der Waals surface area contributed by atoms with E-state index < -0.39 is 5.97 Å². The van der Waals surface area contributed by atoms with E-state index in [2.05, 4.69) is 18.7 Å². The third-order valence-electron chi connectivity index (χ3n) is 2.00. The van der Waals surface area contributed by atoms with E-state index in [1.807, 2.05) is 7.05 Å². The average Bonchev–Trinajstić information content (AvgIpc) is 2.11. The summed E-state index contributed by atoms with van der Waals surface area (Å²) >= 11 is 0. The molecular weight excluding hydrogens is 194 g/mol. The van der Waals surface area contributed by atoms with E-state index in [4.69, 9.17) is 9.84 Å². The summed E-state index contributed by atoms with van der Waals surface area (Å²) in [5.41, 5.74) is 0. The summed E-state index contributed by atoms with van der Waals surface area (Å²) in [7, 11) is 1.99. The lowest BCUT2D eigenvalue weighted by Crippen LogP contribution is -2.25. The molecule has 0 amide bonds. The summed E-state index contributed by atoms with van der Waals surface area (Å²) in [6.07, 6.45) is 0.952. The fourth-order valence-electron chi connectivity index (χ4n) is 1.15. The molecule has 0 aromatic rings. The fraction of sp³-hybridized carbons (Fsp3) is 0.909. The number of aliphatic carboxylic acids is 1. The first-order valence-corrected chi connectivity index (χ1v) is 5.50. The Balaban J connectivity index is 3.25. The molecule has 0 atom stereocenters. The van der Waals surface area contributed by atoms with E-state index in [-0.39, 0.29) is 6.42 Å². The van der Waals surface area contributed by atoms with Gasteiger partial charge in [-0.1, -0.05) is 13.8 Å². The van der Waals surface area contributed by atoms with Crippen LogP contribution in [-0.2, 0) is 9.53 Å². The molecule has 15 heavy (non-hydrogen) atoms. The highest BCUT2D eigenvalue weighted by molar-refractivity contribution is 5.66. The standard InChI is InChI=1S/C11H23NO3/c1-10(2)9-15-8-7-12(3)6-4-5-11(13)14/h10H,4-9H2,1-3H3,(H,13,14). The van der Waals surface area contributed by atoms with Crippen LogP contribution in [0.2, 0.25) is 0 Å². The van der Waals surface area contributed by atoms with Gasteiger partial charge in [0.2, 0.25) is 0 Å². The average molecular weight is 217 g/mol. The second-order valence-electron chi connectivity index (χ2n) is 4.27. The monoisotopic (exact) mass is 217 g/mol. The summed E-state index contributed by atoms with van der Waals surface area (Å²) < 4.78 is 5.44. The molecule has 0 saturated heterocycles. The Kier molecular flexibility index (Phi) is 8.33. The maximum atomic E-state index is 10.3. The van der Waals surface area contributed by atoms with Gasteiger partial charge in [-0.15, -0.1) is 0 Å². The Hall–Kier alpha value is -0.610. The van der Waals surface area contributed by atoms with Crippen LogP contribution in [0.3, 0.4) is 0 Å². The summed E-state index contributed by atoms with van der Waals surface area (Å²) in [4.78, 5) is 12.4. The molecule has 0 spiro atoms. The summed E-state index contributed by atoms with van der Waals surface area (Å²) in [5, 5.41) is 8.46. The summed E-state index contributed by atoms with van der Waals surface area (Å²) in [5.74, 6) is -0.151. The van der Waals surface area contributed by atoms with Crippen LogP contribution < -0.4 is 0 Å². The third-order valence-corrected chi connectivity index (χ3v) is 2.00. The maximum absolute atomic E-state index is 10.3. The second kappa shape index (κ2) is 8.68. The van der Waals surface area contributed by atoms with Crippen molar-refractivity contribution < 1.29 is 14.6 Å². The molecule has 0 rings (SSSR count). The van der Waals surface area contributed by atoms with Gasteiger partial charge in [0.25, 0.3) is 0 Å². The van der Waals surface area contributed by atoms with Crippen molar-refractivity contribution in [2.45, 2.75) is 26.7 Å². The van der Waals surface area contributed by atoms with Crippen molar-refractivity contribution in [1.82, 2.24) is 4.90 Å². The van der Waals surface area contributed by atoms with Crippen molar-refractivity contribution in [3.63, 3.8) is 0 Å². The minimum Gasteiger partial charge on any atom is -0.481 e. The van der Waals surface area contributed by atoms with Gasteiger partial charge in [0.1, 0.15) is 0 Å². The highest BCUT2D eigenvalue weighted by Crippen LogP contribution is 1.95. The number of rotatable bonds is 9. The molecule has 0 radical (unpaired) electrons. The van der Waals surface area contributed by atoms with Crippen LogP contribution in [0, 0.1) is 5.92 Å². The van der Waals surface area contributed by atoms with Crippen molar-refractivity contribution >= 4 is 5.97 Å². The first-order chi connectivity index (χ1) is 7.02. The van der Waals surface area contributed by atoms with Gasteiger partial charge >= 0.3 is 5.97 Å². The number of hydrogen-bond donors (Lipinski definition) is 1. The smallest absolute Gasteiger partial charge is 0.303 e. The van der Waals surface area contributed by atoms with Gasteiger partial charge in [-0.3, -0.25) is 4.79 Å². The zero-order valence-electron chi connectivity index (χ0n) is 10.0. The van der Waals surface area contributed by atoms with Gasteiger partial charge in [-0.05, 0) is 25.9 Å². The van der Waals surface area contributed by atoms with Crippen molar-refractivity contribution in [3.8, 4) is 0 Å². The molecule has 4 nitrogen and oxygen atoms in total. The van der Waals surface area contributed by atoms with Gasteiger partial charge < -0.3 is 14.7 Å². The number of nitrogens with zero attached hydrogens (tertiary/aromatic N) is 1. The van der Waals surface area contributed by atoms with Crippen molar-refractivity contribution in [3.05, 3.63) is 0 Å². The highest BCUT2D eigenvalue weighted by Gasteiger charge is 2.01. The zero-order chi connectivity index (χ0) is 11.7. The van der Waals surface area contributed by atoms with Crippen LogP contribution in [0.1, 0.15) is 26.7 Å². The lowest BCUT2D eigenvalue weighted by molar-refractivity contribution is -0.137. The molecule has 0 unspecified atom stereocenters. The van der Waals surface area contributed by atoms with Gasteiger partial charge in [-0.25, -0.2) is 0 Å². The molecule has 1 N–H and O–H groups in total. The van der Waals surface area contributed by atoms with Gasteiger partial charge in [0.15, 0.2) is 0 Å². The Morgan fingerprint density at radius 3 is 2.60 bits per heavy atom. The second-order valence-corrected chi connectivity index (χ2v) is 4.27. The molecule has 0 saturated carbocycles. The Morgan fingerprint density at radius 2 is 2.07 bits per heavy atom. The van der Waals surface area contributed by atoms with Crippen LogP contribution >= 0.6 is 0 Å². The molecule has 4 heteroatoms. The number of hydrogen-bond acceptors (Lipinski definition) is 3. The van der Waals surface area contributed by atoms with E-state index in [0.29, 0.717) is 12.3 Å². The highest BCUT2D eigenvalue weighted by atomic mass is 16.5. The lowest BCUT2D eigenvalue weighted by atomic mass is 10.2. The minimum absolute atomic E-state index is 0.247. The van der Waals surface area contributed by atoms with Crippen LogP contribution in [0.5, 0.6) is 0 Å². The van der Waals surface area contributed by atoms with Crippen LogP contribution in [0.4, 0.5) is 0 Å². The number of carboxylic acids is 1. The Morgan fingerprint density at radius 1 is 1.40 bits per heavy atom. The van der Waals surface area contributed by atoms with E-state index in [0.717, 1.165) is 26.3 Å². The number of carbonyl (C=O) groups is 1. The molecule has 0 aromatic heterocycles. The van der Waals surface area contributed by atoms with E-state index in [1.54, 1.807) is 0 Å². The fourth-order valence-corrected chi connectivity index (χ4v) is 1.15. The molecule has 0 bridgehead atoms. The van der Waals surface area contributed by atoms with Gasteiger partial charge in [0, 0.05) is 19.6 Å². The van der Waals surface area contributed by atoms with Crippen molar-refractivity contribution in [1.29, 1.82) is 0 Å². The van der Waals surface area contributed by atoms with E-state index in [9.17, 15) is 4.79 Å². The first kappa shape index (κ1) is 14.4. The molecular formula is C11H23NO3. The molecule has 90 valence electrons. The molecule has 0 fully saturated rings. The molecule has 0 aliphatic rings. The van der Waals surface area contributed by atoms with Crippen molar-refractivity contribution in [2.75, 3.05) is 33.4 Å². The quantitative estimate of drug-likeness (QED) is 0.594. The zero-order valence-corrected chi connectivity index (χ0v) is 10.0. The molecule has 0 aliphatic carbocycles. The topological polar surface area (TPSA) is 49.8 Å². The summed E-state index contributed by atoms with van der Waals surface area (Å²) in [6, 6.07) is 0. The van der Waals surface area contributed by atoms with Crippen LogP contribution in [0.15, 0.2) is 0 Å². The van der Waals surface area contributed by atoms with E-state index in [1.165, 1.54) is 0 Å². The van der Waals surface area contributed by atoms with E-state index >= 15 is 0 Å². The van der Waals surface area contributed by atoms with Crippen molar-refractivity contribution in [2.24, 2.45) is 5.92 Å². The molecule has 0 aliphatic heterocycles. The lowest BCUT2D eigenvalue weighted by Gasteiger charge is -2.16. The molecule has 0 heterocycles. The number of likely N-dealkylation sites (N-methyl/N-ethyl adjacent to an activating group) is 1.